The monoisotopic (exact) mass is 374 g/mol. The first-order valence-electron chi connectivity index (χ1n) is 8.22. The molecule has 1 unspecified atom stereocenters. The molecule has 7 heteroatoms. The number of rotatable bonds is 2. The number of halogens is 2. The van der Waals surface area contributed by atoms with Crippen LogP contribution >= 0.6 is 11.8 Å². The Morgan fingerprint density at radius 1 is 1.19 bits per heavy atom. The van der Waals surface area contributed by atoms with Crippen LogP contribution in [0.4, 0.5) is 14.5 Å². The number of benzene rings is 2. The zero-order valence-electron chi connectivity index (χ0n) is 14.0. The summed E-state index contributed by atoms with van der Waals surface area (Å²) in [5.41, 5.74) is 1.67. The van der Waals surface area contributed by atoms with Crippen molar-refractivity contribution in [3.05, 3.63) is 65.2 Å². The Bertz CT molecular complexity index is 920. The van der Waals surface area contributed by atoms with Gasteiger partial charge in [0, 0.05) is 24.8 Å². The molecular formula is C19H16F2N2O2S. The van der Waals surface area contributed by atoms with Crippen LogP contribution in [0.5, 0.6) is 0 Å². The van der Waals surface area contributed by atoms with Crippen LogP contribution in [0.25, 0.3) is 0 Å². The first-order chi connectivity index (χ1) is 12.4. The lowest BCUT2D eigenvalue weighted by Crippen LogP contribution is -2.49. The van der Waals surface area contributed by atoms with E-state index in [1.54, 1.807) is 18.2 Å². The van der Waals surface area contributed by atoms with E-state index in [9.17, 15) is 18.4 Å². The van der Waals surface area contributed by atoms with E-state index in [0.717, 1.165) is 0 Å². The average Bonchev–Trinajstić information content (AvgIpc) is 3.13. The molecule has 1 saturated heterocycles. The van der Waals surface area contributed by atoms with Gasteiger partial charge in [-0.1, -0.05) is 12.1 Å². The van der Waals surface area contributed by atoms with Crippen LogP contribution in [0.2, 0.25) is 0 Å². The highest BCUT2D eigenvalue weighted by Crippen LogP contribution is 2.54. The normalized spacial score (nSPS) is 21.6. The molecule has 0 saturated carbocycles. The maximum atomic E-state index is 14.0. The van der Waals surface area contributed by atoms with Crippen molar-refractivity contribution >= 4 is 29.3 Å². The highest BCUT2D eigenvalue weighted by molar-refractivity contribution is 8.01. The second-order valence-corrected chi connectivity index (χ2v) is 7.63. The van der Waals surface area contributed by atoms with E-state index in [4.69, 9.17) is 0 Å². The fraction of sp³-hybridized carbons (Fsp3) is 0.263. The molecule has 2 amide bonds. The standard InChI is InChI=1S/C19H16F2N2O2S/c1-12(24)23-7-8-26-19(23)16-10-15(21)5-6-17(16)22(18(19)25)11-13-3-2-4-14(20)9-13/h2-6,9-10H,7-8,11H2,1H3. The van der Waals surface area contributed by atoms with Gasteiger partial charge in [0.25, 0.3) is 5.91 Å². The summed E-state index contributed by atoms with van der Waals surface area (Å²) in [5.74, 6) is -0.774. The molecule has 2 aromatic rings. The van der Waals surface area contributed by atoms with E-state index in [2.05, 4.69) is 0 Å². The summed E-state index contributed by atoms with van der Waals surface area (Å²) in [4.78, 5) is 27.3. The van der Waals surface area contributed by atoms with Gasteiger partial charge in [-0.3, -0.25) is 9.59 Å². The van der Waals surface area contributed by atoms with Crippen LogP contribution in [0, 0.1) is 11.6 Å². The molecule has 0 radical (unpaired) electrons. The molecule has 1 atom stereocenters. The number of nitrogens with zero attached hydrogens (tertiary/aromatic N) is 2. The molecule has 134 valence electrons. The van der Waals surface area contributed by atoms with Gasteiger partial charge in [0.2, 0.25) is 5.91 Å². The Labute approximate surface area is 153 Å². The van der Waals surface area contributed by atoms with Crippen LogP contribution in [0.1, 0.15) is 18.1 Å². The molecule has 2 aliphatic heterocycles. The van der Waals surface area contributed by atoms with E-state index in [0.29, 0.717) is 29.1 Å². The summed E-state index contributed by atoms with van der Waals surface area (Å²) in [6, 6.07) is 10.2. The van der Waals surface area contributed by atoms with Crippen molar-refractivity contribution in [2.45, 2.75) is 18.3 Å². The number of carbonyl (C=O) groups excluding carboxylic acids is 2. The van der Waals surface area contributed by atoms with Gasteiger partial charge >= 0.3 is 0 Å². The van der Waals surface area contributed by atoms with Gasteiger partial charge in [-0.25, -0.2) is 8.78 Å². The summed E-state index contributed by atoms with van der Waals surface area (Å²) in [7, 11) is 0. The third-order valence-electron chi connectivity index (χ3n) is 4.77. The molecule has 2 aliphatic rings. The van der Waals surface area contributed by atoms with E-state index in [1.165, 1.54) is 52.8 Å². The van der Waals surface area contributed by atoms with Crippen LogP contribution in [-0.2, 0) is 21.0 Å². The number of hydrogen-bond acceptors (Lipinski definition) is 3. The lowest BCUT2D eigenvalue weighted by Gasteiger charge is -2.32. The quantitative estimate of drug-likeness (QED) is 0.810. The van der Waals surface area contributed by atoms with Crippen molar-refractivity contribution in [2.75, 3.05) is 17.2 Å². The Balaban J connectivity index is 1.83. The van der Waals surface area contributed by atoms with Crippen LogP contribution in [0.15, 0.2) is 42.5 Å². The minimum atomic E-state index is -1.24. The van der Waals surface area contributed by atoms with E-state index < -0.39 is 10.7 Å². The maximum absolute atomic E-state index is 14.0. The van der Waals surface area contributed by atoms with Crippen molar-refractivity contribution in [1.82, 2.24) is 4.90 Å². The summed E-state index contributed by atoms with van der Waals surface area (Å²) in [5, 5.41) is 0. The summed E-state index contributed by atoms with van der Waals surface area (Å²) < 4.78 is 27.5. The molecule has 1 fully saturated rings. The molecular weight excluding hydrogens is 358 g/mol. The van der Waals surface area contributed by atoms with Crippen molar-refractivity contribution in [3.8, 4) is 0 Å². The van der Waals surface area contributed by atoms with E-state index in [1.807, 2.05) is 0 Å². The molecule has 4 rings (SSSR count). The number of amides is 2. The van der Waals surface area contributed by atoms with Gasteiger partial charge < -0.3 is 9.80 Å². The van der Waals surface area contributed by atoms with Crippen molar-refractivity contribution < 1.29 is 18.4 Å². The summed E-state index contributed by atoms with van der Waals surface area (Å²) in [6.07, 6.45) is 0. The fourth-order valence-corrected chi connectivity index (χ4v) is 5.19. The van der Waals surface area contributed by atoms with E-state index in [-0.39, 0.29) is 24.2 Å². The first kappa shape index (κ1) is 17.0. The highest BCUT2D eigenvalue weighted by atomic mass is 32.2. The van der Waals surface area contributed by atoms with Crippen LogP contribution < -0.4 is 4.90 Å². The third-order valence-corrected chi connectivity index (χ3v) is 6.18. The second-order valence-electron chi connectivity index (χ2n) is 6.35. The Kier molecular flexibility index (Phi) is 3.99. The molecule has 0 aromatic heterocycles. The summed E-state index contributed by atoms with van der Waals surface area (Å²) in [6.45, 7) is 1.99. The fourth-order valence-electron chi connectivity index (χ4n) is 3.70. The predicted octanol–water partition coefficient (Wildman–Crippen LogP) is 3.26. The number of carbonyl (C=O) groups is 2. The zero-order chi connectivity index (χ0) is 18.5. The molecule has 0 aliphatic carbocycles. The summed E-state index contributed by atoms with van der Waals surface area (Å²) >= 11 is 1.34. The van der Waals surface area contributed by atoms with Crippen molar-refractivity contribution in [2.24, 2.45) is 0 Å². The third kappa shape index (κ3) is 2.41. The molecule has 26 heavy (non-hydrogen) atoms. The number of anilines is 1. The average molecular weight is 374 g/mol. The van der Waals surface area contributed by atoms with Gasteiger partial charge in [-0.15, -0.1) is 11.8 Å². The van der Waals surface area contributed by atoms with Gasteiger partial charge in [0.15, 0.2) is 4.87 Å². The Morgan fingerprint density at radius 3 is 2.69 bits per heavy atom. The minimum Gasteiger partial charge on any atom is -0.315 e. The number of fused-ring (bicyclic) bond motifs is 2. The minimum absolute atomic E-state index is 0.156. The lowest BCUT2D eigenvalue weighted by atomic mass is 10.1. The van der Waals surface area contributed by atoms with E-state index >= 15 is 0 Å². The molecule has 2 heterocycles. The van der Waals surface area contributed by atoms with Crippen LogP contribution in [0.3, 0.4) is 0 Å². The Hall–Kier alpha value is -2.41. The van der Waals surface area contributed by atoms with Gasteiger partial charge in [-0.05, 0) is 35.9 Å². The highest BCUT2D eigenvalue weighted by Gasteiger charge is 2.58. The van der Waals surface area contributed by atoms with Crippen molar-refractivity contribution in [3.63, 3.8) is 0 Å². The first-order valence-corrected chi connectivity index (χ1v) is 9.20. The molecule has 2 aromatic carbocycles. The molecule has 0 N–H and O–H groups in total. The Morgan fingerprint density at radius 2 is 1.96 bits per heavy atom. The van der Waals surface area contributed by atoms with Gasteiger partial charge in [0.1, 0.15) is 11.6 Å². The smallest absolute Gasteiger partial charge is 0.268 e. The largest absolute Gasteiger partial charge is 0.315 e. The molecule has 4 nitrogen and oxygen atoms in total. The lowest BCUT2D eigenvalue weighted by molar-refractivity contribution is -0.138. The maximum Gasteiger partial charge on any atom is 0.268 e. The number of thioether (sulfide) groups is 1. The zero-order valence-corrected chi connectivity index (χ0v) is 14.9. The van der Waals surface area contributed by atoms with Crippen LogP contribution in [-0.4, -0.2) is 29.0 Å². The second kappa shape index (κ2) is 6.09. The SMILES string of the molecule is CC(=O)N1CCSC12C(=O)N(Cc1cccc(F)c1)c1ccc(F)cc12. The van der Waals surface area contributed by atoms with Gasteiger partial charge in [0.05, 0.1) is 12.2 Å². The van der Waals surface area contributed by atoms with Gasteiger partial charge in [-0.2, -0.15) is 0 Å². The molecule has 0 bridgehead atoms. The van der Waals surface area contributed by atoms with Crippen molar-refractivity contribution in [1.29, 1.82) is 0 Å². The topological polar surface area (TPSA) is 40.6 Å². The number of hydrogen-bond donors (Lipinski definition) is 0. The predicted molar refractivity (Wildman–Crippen MR) is 95.5 cm³/mol. The molecule has 1 spiro atoms.